The largest absolute Gasteiger partial charge is 0.392 e. The van der Waals surface area contributed by atoms with E-state index in [2.05, 4.69) is 25.9 Å². The van der Waals surface area contributed by atoms with Gasteiger partial charge in [-0.1, -0.05) is 17.4 Å². The first-order chi connectivity index (χ1) is 11.9. The summed E-state index contributed by atoms with van der Waals surface area (Å²) in [6, 6.07) is -0.304. The number of piperidine rings is 1. The molecular weight excluding hydrogens is 337 g/mol. The average molecular weight is 358 g/mol. The molecule has 0 radical (unpaired) electrons. The van der Waals surface area contributed by atoms with E-state index in [1.165, 1.54) is 0 Å². The average Bonchev–Trinajstić information content (AvgIpc) is 3.14. The highest BCUT2D eigenvalue weighted by Gasteiger charge is 2.44. The summed E-state index contributed by atoms with van der Waals surface area (Å²) >= 11 is 0. The molecule has 0 spiro atoms. The van der Waals surface area contributed by atoms with Gasteiger partial charge in [0, 0.05) is 25.6 Å². The zero-order valence-electron chi connectivity index (χ0n) is 13.7. The number of tetrazole rings is 1. The number of allylic oxidation sites excluding steroid dienone is 2. The van der Waals surface area contributed by atoms with Gasteiger partial charge in [-0.15, -0.1) is 10.2 Å². The van der Waals surface area contributed by atoms with Crippen molar-refractivity contribution in [1.82, 2.24) is 30.8 Å². The molecule has 1 aliphatic heterocycles. The Balaban J connectivity index is 1.47. The van der Waals surface area contributed by atoms with E-state index in [1.54, 1.807) is 17.1 Å². The van der Waals surface area contributed by atoms with Gasteiger partial charge in [0.25, 0.3) is 0 Å². The van der Waals surface area contributed by atoms with Crippen molar-refractivity contribution in [3.05, 3.63) is 18.0 Å². The lowest BCUT2D eigenvalue weighted by Gasteiger charge is -2.33. The van der Waals surface area contributed by atoms with Crippen molar-refractivity contribution in [2.45, 2.75) is 37.8 Å². The van der Waals surface area contributed by atoms with E-state index in [9.17, 15) is 18.0 Å². The number of likely N-dealkylation sites (tertiary alicyclic amines) is 1. The van der Waals surface area contributed by atoms with Gasteiger partial charge in [0.05, 0.1) is 5.92 Å². The van der Waals surface area contributed by atoms with Crippen molar-refractivity contribution in [2.24, 2.45) is 11.8 Å². The minimum Gasteiger partial charge on any atom is -0.338 e. The number of halogens is 3. The Hall–Kier alpha value is -2.13. The third-order valence-corrected chi connectivity index (χ3v) is 5.01. The molecule has 0 aromatic carbocycles. The van der Waals surface area contributed by atoms with Crippen LogP contribution in [0.15, 0.2) is 12.2 Å². The van der Waals surface area contributed by atoms with Gasteiger partial charge in [0.2, 0.25) is 0 Å². The predicted octanol–water partition coefficient (Wildman–Crippen LogP) is 2.23. The van der Waals surface area contributed by atoms with E-state index in [4.69, 9.17) is 0 Å². The van der Waals surface area contributed by atoms with Crippen molar-refractivity contribution in [3.63, 3.8) is 0 Å². The second-order valence-corrected chi connectivity index (χ2v) is 6.57. The fourth-order valence-electron chi connectivity index (χ4n) is 3.51. The van der Waals surface area contributed by atoms with Crippen molar-refractivity contribution < 1.29 is 18.0 Å². The molecule has 2 heterocycles. The smallest absolute Gasteiger partial charge is 0.338 e. The first kappa shape index (κ1) is 17.7. The third kappa shape index (κ3) is 4.29. The van der Waals surface area contributed by atoms with Crippen LogP contribution in [0.3, 0.4) is 0 Å². The molecule has 25 heavy (non-hydrogen) atoms. The summed E-state index contributed by atoms with van der Waals surface area (Å²) in [7, 11) is 0. The van der Waals surface area contributed by atoms with Crippen LogP contribution in [0, 0.1) is 11.8 Å². The Labute approximate surface area is 143 Å². The van der Waals surface area contributed by atoms with Crippen LogP contribution in [0.5, 0.6) is 0 Å². The molecule has 2 atom stereocenters. The number of hydrogen-bond donors (Lipinski definition) is 2. The van der Waals surface area contributed by atoms with E-state index >= 15 is 0 Å². The number of hydrogen-bond acceptors (Lipinski definition) is 4. The lowest BCUT2D eigenvalue weighted by atomic mass is 9.82. The van der Waals surface area contributed by atoms with Gasteiger partial charge < -0.3 is 10.2 Å². The van der Waals surface area contributed by atoms with Crippen LogP contribution < -0.4 is 5.32 Å². The zero-order chi connectivity index (χ0) is 17.9. The van der Waals surface area contributed by atoms with E-state index in [0.717, 1.165) is 0 Å². The summed E-state index contributed by atoms with van der Waals surface area (Å²) in [4.78, 5) is 13.9. The maximum atomic E-state index is 13.1. The Bertz CT molecular complexity index is 595. The number of carbonyl (C=O) groups excluding carboxylic acids is 1. The molecule has 2 amide bonds. The highest BCUT2D eigenvalue weighted by molar-refractivity contribution is 5.74. The minimum absolute atomic E-state index is 0.0138. The van der Waals surface area contributed by atoms with Gasteiger partial charge in [-0.3, -0.25) is 0 Å². The van der Waals surface area contributed by atoms with Gasteiger partial charge in [-0.25, -0.2) is 4.79 Å². The highest BCUT2D eigenvalue weighted by atomic mass is 19.4. The van der Waals surface area contributed by atoms with Crippen LogP contribution in [0.25, 0.3) is 0 Å². The monoisotopic (exact) mass is 358 g/mol. The first-order valence-electron chi connectivity index (χ1n) is 8.43. The van der Waals surface area contributed by atoms with Gasteiger partial charge in [0.15, 0.2) is 5.82 Å². The Morgan fingerprint density at radius 3 is 2.64 bits per heavy atom. The number of carbonyl (C=O) groups is 1. The van der Waals surface area contributed by atoms with Crippen molar-refractivity contribution in [2.75, 3.05) is 19.6 Å². The Kier molecular flexibility index (Phi) is 5.24. The number of rotatable bonds is 3. The van der Waals surface area contributed by atoms with Gasteiger partial charge in [-0.2, -0.15) is 18.4 Å². The predicted molar refractivity (Wildman–Crippen MR) is 82.5 cm³/mol. The molecule has 1 aromatic rings. The molecule has 0 bridgehead atoms. The highest BCUT2D eigenvalue weighted by Crippen LogP contribution is 2.38. The normalized spacial score (nSPS) is 25.2. The topological polar surface area (TPSA) is 86.8 Å². The molecule has 1 aliphatic carbocycles. The summed E-state index contributed by atoms with van der Waals surface area (Å²) < 4.78 is 39.2. The number of nitrogens with one attached hydrogen (secondary N) is 2. The summed E-state index contributed by atoms with van der Waals surface area (Å²) in [6.07, 6.45) is 0.844. The van der Waals surface area contributed by atoms with E-state index in [0.29, 0.717) is 38.2 Å². The molecular formula is C15H21F3N6O. The second-order valence-electron chi connectivity index (χ2n) is 6.57. The summed E-state index contributed by atoms with van der Waals surface area (Å²) in [5, 5.41) is 16.5. The molecule has 138 valence electrons. The fraction of sp³-hybridized carbons (Fsp3) is 0.733. The number of alkyl halides is 3. The van der Waals surface area contributed by atoms with Crippen molar-refractivity contribution >= 4 is 6.03 Å². The van der Waals surface area contributed by atoms with Gasteiger partial charge in [0.1, 0.15) is 0 Å². The van der Waals surface area contributed by atoms with Crippen LogP contribution >= 0.6 is 0 Å². The second kappa shape index (κ2) is 7.40. The Morgan fingerprint density at radius 1 is 1.28 bits per heavy atom. The van der Waals surface area contributed by atoms with Crippen LogP contribution in [0.4, 0.5) is 18.0 Å². The summed E-state index contributed by atoms with van der Waals surface area (Å²) in [6.45, 7) is 1.09. The van der Waals surface area contributed by atoms with Gasteiger partial charge >= 0.3 is 12.2 Å². The maximum Gasteiger partial charge on any atom is 0.392 e. The number of aromatic nitrogens is 4. The van der Waals surface area contributed by atoms with Gasteiger partial charge in [-0.05, 0) is 31.6 Å². The van der Waals surface area contributed by atoms with E-state index < -0.39 is 18.0 Å². The Morgan fingerprint density at radius 2 is 2.00 bits per heavy atom. The lowest BCUT2D eigenvalue weighted by Crippen LogP contribution is -2.47. The zero-order valence-corrected chi connectivity index (χ0v) is 13.7. The SMILES string of the molecule is O=C(NC[C@@H]1CC=CC[C@H]1C(F)(F)F)N1CCC(c2nn[nH]n2)CC1. The van der Waals surface area contributed by atoms with Crippen LogP contribution in [0.2, 0.25) is 0 Å². The number of aromatic amines is 1. The molecule has 2 N–H and O–H groups in total. The molecule has 1 saturated heterocycles. The van der Waals surface area contributed by atoms with E-state index in [1.807, 2.05) is 0 Å². The molecule has 0 unspecified atom stereocenters. The number of nitrogens with zero attached hydrogens (tertiary/aromatic N) is 4. The first-order valence-corrected chi connectivity index (χ1v) is 8.43. The minimum atomic E-state index is -4.23. The van der Waals surface area contributed by atoms with E-state index in [-0.39, 0.29) is 24.9 Å². The van der Waals surface area contributed by atoms with Crippen molar-refractivity contribution in [1.29, 1.82) is 0 Å². The molecule has 2 aliphatic rings. The third-order valence-electron chi connectivity index (χ3n) is 5.01. The molecule has 3 rings (SSSR count). The maximum absolute atomic E-state index is 13.1. The summed E-state index contributed by atoms with van der Waals surface area (Å²) in [5.41, 5.74) is 0. The molecule has 0 saturated carbocycles. The van der Waals surface area contributed by atoms with Crippen LogP contribution in [-0.2, 0) is 0 Å². The summed E-state index contributed by atoms with van der Waals surface area (Å²) in [5.74, 6) is -1.20. The fourth-order valence-corrected chi connectivity index (χ4v) is 3.51. The number of urea groups is 1. The molecule has 1 fully saturated rings. The standard InChI is InChI=1S/C15H21F3N6O/c16-15(17,18)12-4-2-1-3-11(12)9-19-14(25)24-7-5-10(6-8-24)13-20-22-23-21-13/h1-2,10-12H,3-9H2,(H,19,25)(H,20,21,22,23)/t11-,12+/m0/s1. The molecule has 10 heteroatoms. The van der Waals surface area contributed by atoms with Crippen LogP contribution in [-0.4, -0.2) is 57.4 Å². The number of amides is 2. The quantitative estimate of drug-likeness (QED) is 0.812. The van der Waals surface area contributed by atoms with Crippen molar-refractivity contribution in [3.8, 4) is 0 Å². The number of H-pyrrole nitrogens is 1. The molecule has 7 nitrogen and oxygen atoms in total. The van der Waals surface area contributed by atoms with Crippen LogP contribution in [0.1, 0.15) is 37.4 Å². The lowest BCUT2D eigenvalue weighted by molar-refractivity contribution is -0.188. The molecule has 1 aromatic heterocycles.